The van der Waals surface area contributed by atoms with E-state index in [1.807, 2.05) is 24.3 Å². The molecule has 0 aliphatic carbocycles. The molecule has 0 radical (unpaired) electrons. The molecule has 2 aliphatic rings. The van der Waals surface area contributed by atoms with Crippen LogP contribution in [-0.4, -0.2) is 53.2 Å². The normalized spacial score (nSPS) is 18.3. The van der Waals surface area contributed by atoms with Crippen molar-refractivity contribution in [3.05, 3.63) is 103 Å². The van der Waals surface area contributed by atoms with E-state index in [1.165, 1.54) is 21.2 Å². The number of esters is 1. The quantitative estimate of drug-likeness (QED) is 0.152. The van der Waals surface area contributed by atoms with Crippen LogP contribution in [0.4, 0.5) is 17.1 Å². The fourth-order valence-corrected chi connectivity index (χ4v) is 9.23. The van der Waals surface area contributed by atoms with Crippen molar-refractivity contribution >= 4 is 79.8 Å². The highest BCUT2D eigenvalue weighted by Crippen LogP contribution is 2.54. The molecule has 0 bridgehead atoms. The summed E-state index contributed by atoms with van der Waals surface area (Å²) in [5.41, 5.74) is 3.14. The average Bonchev–Trinajstić information content (AvgIpc) is 3.52. The Hall–Kier alpha value is -4.20. The standard InChI is InChI=1S/C35H33BrN4O6S2/c1-4-38(5-2)24-15-9-20(10-16-24)27-28-29(32(43)40(31(28)42)25-17-11-22(36)12-18-25)47-33-30(27)48-35(45)39(33)19-26(41)37-23-13-7-21(8-14-23)34(44)46-6-3/h7-18,27-29H,4-6,19H2,1-3H3,(H,37,41)/t27-,28-,29+/m0/s1. The number of nitrogens with zero attached hydrogens (tertiary/aromatic N) is 3. The number of carbonyl (C=O) groups excluding carboxylic acids is 4. The first-order valence-electron chi connectivity index (χ1n) is 15.6. The molecule has 0 unspecified atom stereocenters. The molecule has 48 heavy (non-hydrogen) atoms. The minimum absolute atomic E-state index is 0.251. The van der Waals surface area contributed by atoms with Crippen molar-refractivity contribution in [2.75, 3.05) is 34.8 Å². The maximum atomic E-state index is 14.2. The van der Waals surface area contributed by atoms with E-state index >= 15 is 0 Å². The van der Waals surface area contributed by atoms with Gasteiger partial charge in [0.2, 0.25) is 17.7 Å². The van der Waals surface area contributed by atoms with Gasteiger partial charge in [-0.05, 0) is 87.0 Å². The fourth-order valence-electron chi connectivity index (χ4n) is 6.19. The van der Waals surface area contributed by atoms with Gasteiger partial charge in [-0.3, -0.25) is 23.7 Å². The van der Waals surface area contributed by atoms with Gasteiger partial charge in [-0.1, -0.05) is 51.2 Å². The van der Waals surface area contributed by atoms with Gasteiger partial charge < -0.3 is 15.0 Å². The number of imide groups is 1. The van der Waals surface area contributed by atoms with Crippen LogP contribution in [0.2, 0.25) is 0 Å². The van der Waals surface area contributed by atoms with E-state index in [4.69, 9.17) is 4.74 Å². The molecule has 248 valence electrons. The lowest BCUT2D eigenvalue weighted by Crippen LogP contribution is -2.33. The first kappa shape index (κ1) is 33.7. The number of hydrogen-bond donors (Lipinski definition) is 1. The maximum absolute atomic E-state index is 14.2. The highest BCUT2D eigenvalue weighted by atomic mass is 79.9. The molecular formula is C35H33BrN4O6S2. The predicted octanol–water partition coefficient (Wildman–Crippen LogP) is 6.13. The van der Waals surface area contributed by atoms with E-state index in [0.717, 1.165) is 40.1 Å². The van der Waals surface area contributed by atoms with Crippen molar-refractivity contribution < 1.29 is 23.9 Å². The Morgan fingerprint density at radius 3 is 2.19 bits per heavy atom. The zero-order valence-corrected chi connectivity index (χ0v) is 29.7. The molecule has 0 saturated carbocycles. The second kappa shape index (κ2) is 14.1. The zero-order chi connectivity index (χ0) is 34.1. The van der Waals surface area contributed by atoms with Crippen LogP contribution in [0.1, 0.15) is 47.5 Å². The molecule has 3 atom stereocenters. The van der Waals surface area contributed by atoms with Gasteiger partial charge in [-0.25, -0.2) is 9.69 Å². The van der Waals surface area contributed by atoms with Crippen LogP contribution in [0.25, 0.3) is 0 Å². The molecule has 3 heterocycles. The molecular weight excluding hydrogens is 716 g/mol. The van der Waals surface area contributed by atoms with Crippen molar-refractivity contribution in [3.63, 3.8) is 0 Å². The summed E-state index contributed by atoms with van der Waals surface area (Å²) in [5.74, 6) is -2.89. The molecule has 0 spiro atoms. The summed E-state index contributed by atoms with van der Waals surface area (Å²) in [4.78, 5) is 70.7. The Labute approximate surface area is 294 Å². The number of aromatic nitrogens is 1. The van der Waals surface area contributed by atoms with Gasteiger partial charge in [-0.15, -0.1) is 0 Å². The monoisotopic (exact) mass is 748 g/mol. The van der Waals surface area contributed by atoms with Crippen LogP contribution in [0.5, 0.6) is 0 Å². The van der Waals surface area contributed by atoms with Crippen LogP contribution in [0.15, 0.2) is 87.1 Å². The molecule has 2 aliphatic heterocycles. The summed E-state index contributed by atoms with van der Waals surface area (Å²) in [6.45, 7) is 7.52. The Kier molecular flexibility index (Phi) is 9.90. The number of hydrogen-bond acceptors (Lipinski definition) is 9. The molecule has 3 aromatic carbocycles. The summed E-state index contributed by atoms with van der Waals surface area (Å²) in [5, 5.41) is 2.50. The lowest BCUT2D eigenvalue weighted by molar-refractivity contribution is -0.122. The molecule has 1 aromatic heterocycles. The summed E-state index contributed by atoms with van der Waals surface area (Å²) in [6.07, 6.45) is 0. The lowest BCUT2D eigenvalue weighted by atomic mass is 9.83. The van der Waals surface area contributed by atoms with Crippen molar-refractivity contribution in [1.82, 2.24) is 4.57 Å². The molecule has 1 fully saturated rings. The minimum atomic E-state index is -0.792. The number of thioether (sulfide) groups is 1. The van der Waals surface area contributed by atoms with E-state index < -0.39 is 29.0 Å². The number of nitrogens with one attached hydrogen (secondary N) is 1. The number of amides is 3. The van der Waals surface area contributed by atoms with E-state index in [1.54, 1.807) is 55.5 Å². The SMILES string of the molecule is CCOC(=O)c1ccc(NC(=O)Cn2c3c(sc2=O)[C@@H](c2ccc(N(CC)CC)cc2)[C@@H]2C(=O)N(c4ccc(Br)cc4)C(=O)[C@@H]2S3)cc1. The van der Waals surface area contributed by atoms with Gasteiger partial charge in [0.25, 0.3) is 0 Å². The van der Waals surface area contributed by atoms with E-state index in [2.05, 4.69) is 40.0 Å². The zero-order valence-electron chi connectivity index (χ0n) is 26.5. The topological polar surface area (TPSA) is 118 Å². The van der Waals surface area contributed by atoms with E-state index in [-0.39, 0.29) is 29.8 Å². The molecule has 3 amide bonds. The van der Waals surface area contributed by atoms with Crippen LogP contribution in [0.3, 0.4) is 0 Å². The van der Waals surface area contributed by atoms with E-state index in [0.29, 0.717) is 26.8 Å². The van der Waals surface area contributed by atoms with Crippen LogP contribution >= 0.6 is 39.0 Å². The summed E-state index contributed by atoms with van der Waals surface area (Å²) in [6, 6.07) is 21.3. The van der Waals surface area contributed by atoms with Crippen molar-refractivity contribution in [2.24, 2.45) is 5.92 Å². The Balaban J connectivity index is 1.35. The maximum Gasteiger partial charge on any atom is 0.338 e. The van der Waals surface area contributed by atoms with Gasteiger partial charge in [0, 0.05) is 39.7 Å². The van der Waals surface area contributed by atoms with Crippen LogP contribution in [0, 0.1) is 5.92 Å². The average molecular weight is 750 g/mol. The highest BCUT2D eigenvalue weighted by molar-refractivity contribution is 9.10. The summed E-state index contributed by atoms with van der Waals surface area (Å²) in [7, 11) is 0. The minimum Gasteiger partial charge on any atom is -0.462 e. The van der Waals surface area contributed by atoms with Crippen molar-refractivity contribution in [1.29, 1.82) is 0 Å². The first-order valence-corrected chi connectivity index (χ1v) is 18.1. The van der Waals surface area contributed by atoms with Gasteiger partial charge in [-0.2, -0.15) is 0 Å². The number of halogens is 1. The van der Waals surface area contributed by atoms with Crippen LogP contribution < -0.4 is 20.0 Å². The molecule has 6 rings (SSSR count). The first-order chi connectivity index (χ1) is 23.1. The Morgan fingerprint density at radius 1 is 0.896 bits per heavy atom. The number of fused-ring (bicyclic) bond motifs is 2. The van der Waals surface area contributed by atoms with Crippen LogP contribution in [-0.2, 0) is 25.7 Å². The fraction of sp³-hybridized carbons (Fsp3) is 0.286. The molecule has 4 aromatic rings. The number of thiazole rings is 1. The summed E-state index contributed by atoms with van der Waals surface area (Å²) >= 11 is 5.60. The number of carbonyl (C=O) groups is 4. The summed E-state index contributed by atoms with van der Waals surface area (Å²) < 4.78 is 7.23. The number of benzene rings is 3. The number of anilines is 3. The number of rotatable bonds is 10. The third kappa shape index (κ3) is 6.34. The van der Waals surface area contributed by atoms with Crippen molar-refractivity contribution in [3.8, 4) is 0 Å². The molecule has 10 nitrogen and oxygen atoms in total. The number of ether oxygens (including phenoxy) is 1. The second-order valence-electron chi connectivity index (χ2n) is 11.3. The van der Waals surface area contributed by atoms with Crippen molar-refractivity contribution in [2.45, 2.75) is 43.5 Å². The third-order valence-electron chi connectivity index (χ3n) is 8.50. The van der Waals surface area contributed by atoms with Gasteiger partial charge in [0.1, 0.15) is 11.8 Å². The second-order valence-corrected chi connectivity index (χ2v) is 14.3. The largest absolute Gasteiger partial charge is 0.462 e. The molecule has 13 heteroatoms. The Bertz CT molecular complexity index is 1920. The lowest BCUT2D eigenvalue weighted by Gasteiger charge is -2.31. The highest BCUT2D eigenvalue weighted by Gasteiger charge is 2.56. The van der Waals surface area contributed by atoms with E-state index in [9.17, 15) is 24.0 Å². The predicted molar refractivity (Wildman–Crippen MR) is 191 cm³/mol. The van der Waals surface area contributed by atoms with Gasteiger partial charge in [0.15, 0.2) is 0 Å². The Morgan fingerprint density at radius 2 is 1.56 bits per heavy atom. The molecule has 1 saturated heterocycles. The van der Waals surface area contributed by atoms with Gasteiger partial charge in [0.05, 0.1) is 28.8 Å². The molecule has 1 N–H and O–H groups in total. The smallest absolute Gasteiger partial charge is 0.338 e. The third-order valence-corrected chi connectivity index (χ3v) is 11.6. The van der Waals surface area contributed by atoms with Gasteiger partial charge >= 0.3 is 10.8 Å².